The highest BCUT2D eigenvalue weighted by Crippen LogP contribution is 2.23. The summed E-state index contributed by atoms with van der Waals surface area (Å²) in [7, 11) is 0. The van der Waals surface area contributed by atoms with Crippen LogP contribution in [0.3, 0.4) is 0 Å². The van der Waals surface area contributed by atoms with Crippen LogP contribution in [0.5, 0.6) is 0 Å². The van der Waals surface area contributed by atoms with Gasteiger partial charge >= 0.3 is 17.5 Å². The van der Waals surface area contributed by atoms with E-state index >= 15 is 0 Å². The number of alkyl halides is 2. The molecule has 1 rings (SSSR count). The van der Waals surface area contributed by atoms with E-state index < -0.39 is 36.3 Å². The van der Waals surface area contributed by atoms with Gasteiger partial charge in [0.25, 0.3) is 0 Å². The molecule has 106 valence electrons. The number of carbonyl (C=O) groups excluding carboxylic acids is 1. The van der Waals surface area contributed by atoms with Gasteiger partial charge in [-0.2, -0.15) is 13.8 Å². The first-order chi connectivity index (χ1) is 8.71. The molecule has 10 heteroatoms. The van der Waals surface area contributed by atoms with Crippen molar-refractivity contribution in [1.29, 1.82) is 0 Å². The summed E-state index contributed by atoms with van der Waals surface area (Å²) in [6, 6.07) is 0.935. The second kappa shape index (κ2) is 5.38. The minimum Gasteiger partial charge on any atom is -0.394 e. The molecule has 0 bridgehead atoms. The summed E-state index contributed by atoms with van der Waals surface area (Å²) in [5.41, 5.74) is 3.77. The lowest BCUT2D eigenvalue weighted by atomic mass is 10.1. The molecule has 1 aromatic heterocycles. The van der Waals surface area contributed by atoms with Gasteiger partial charge in [0.1, 0.15) is 11.9 Å². The molecule has 0 saturated heterocycles. The third kappa shape index (κ3) is 2.92. The van der Waals surface area contributed by atoms with Crippen molar-refractivity contribution in [3.05, 3.63) is 22.7 Å². The summed E-state index contributed by atoms with van der Waals surface area (Å²) >= 11 is 0. The smallest absolute Gasteiger partial charge is 0.356 e. The van der Waals surface area contributed by atoms with Crippen molar-refractivity contribution < 1.29 is 28.9 Å². The maximum atomic E-state index is 13.5. The van der Waals surface area contributed by atoms with Gasteiger partial charge in [-0.15, -0.1) is 0 Å². The van der Waals surface area contributed by atoms with Crippen LogP contribution in [0.4, 0.5) is 14.6 Å². The molecule has 1 aromatic rings. The SMILES string of the molecule is Nc1ccn(C(=O)C(F)(F)C(O)C(O)CO)c(=O)n1. The Labute approximate surface area is 104 Å². The molecule has 0 radical (unpaired) electrons. The van der Waals surface area contributed by atoms with Crippen LogP contribution in [-0.2, 0) is 0 Å². The van der Waals surface area contributed by atoms with Crippen molar-refractivity contribution in [2.24, 2.45) is 0 Å². The summed E-state index contributed by atoms with van der Waals surface area (Å²) in [6.07, 6.45) is -4.44. The second-order valence-electron chi connectivity index (χ2n) is 3.63. The number of aliphatic hydroxyl groups is 3. The highest BCUT2D eigenvalue weighted by molar-refractivity contribution is 5.86. The third-order valence-electron chi connectivity index (χ3n) is 2.25. The monoisotopic (exact) mass is 279 g/mol. The summed E-state index contributed by atoms with van der Waals surface area (Å²) in [5.74, 6) is -6.85. The quantitative estimate of drug-likeness (QED) is 0.491. The van der Waals surface area contributed by atoms with Crippen molar-refractivity contribution in [3.63, 3.8) is 0 Å². The number of nitrogens with zero attached hydrogens (tertiary/aromatic N) is 2. The van der Waals surface area contributed by atoms with Gasteiger partial charge in [-0.1, -0.05) is 0 Å². The summed E-state index contributed by atoms with van der Waals surface area (Å²) in [5, 5.41) is 26.5. The topological polar surface area (TPSA) is 139 Å². The molecule has 2 atom stereocenters. The van der Waals surface area contributed by atoms with Crippen LogP contribution in [0.1, 0.15) is 4.79 Å². The molecule has 0 fully saturated rings. The number of hydrogen-bond donors (Lipinski definition) is 4. The molecule has 0 aliphatic carbocycles. The van der Waals surface area contributed by atoms with Crippen LogP contribution < -0.4 is 11.4 Å². The minimum absolute atomic E-state index is 0.0519. The molecular weight excluding hydrogens is 268 g/mol. The second-order valence-corrected chi connectivity index (χ2v) is 3.63. The fourth-order valence-electron chi connectivity index (χ4n) is 1.20. The van der Waals surface area contributed by atoms with Crippen LogP contribution in [0, 0.1) is 0 Å². The van der Waals surface area contributed by atoms with Crippen LogP contribution in [-0.4, -0.2) is 55.5 Å². The first-order valence-corrected chi connectivity index (χ1v) is 4.96. The lowest BCUT2D eigenvalue weighted by Crippen LogP contribution is -2.53. The van der Waals surface area contributed by atoms with Gasteiger partial charge in [-0.3, -0.25) is 4.79 Å². The van der Waals surface area contributed by atoms with Gasteiger partial charge in [0.2, 0.25) is 0 Å². The fraction of sp³-hybridized carbons (Fsp3) is 0.444. The lowest BCUT2D eigenvalue weighted by Gasteiger charge is -2.24. The zero-order chi connectivity index (χ0) is 14.8. The Bertz CT molecular complexity index is 533. The Morgan fingerprint density at radius 2 is 2.11 bits per heavy atom. The Morgan fingerprint density at radius 1 is 1.53 bits per heavy atom. The number of anilines is 1. The van der Waals surface area contributed by atoms with Crippen molar-refractivity contribution in [3.8, 4) is 0 Å². The van der Waals surface area contributed by atoms with E-state index in [9.17, 15) is 18.4 Å². The third-order valence-corrected chi connectivity index (χ3v) is 2.25. The summed E-state index contributed by atoms with van der Waals surface area (Å²) in [6.45, 7) is -1.18. The Hall–Kier alpha value is -1.91. The van der Waals surface area contributed by atoms with Gasteiger partial charge in [0, 0.05) is 6.20 Å². The maximum Gasteiger partial charge on any atom is 0.356 e. The molecule has 0 spiro atoms. The number of aromatic nitrogens is 2. The van der Waals surface area contributed by atoms with Crippen molar-refractivity contribution in [1.82, 2.24) is 9.55 Å². The number of nitrogens with two attached hydrogens (primary N) is 1. The molecule has 0 aromatic carbocycles. The molecule has 19 heavy (non-hydrogen) atoms. The molecule has 0 aliphatic rings. The number of carbonyl (C=O) groups is 1. The van der Waals surface area contributed by atoms with Gasteiger partial charge in [0.05, 0.1) is 6.61 Å². The summed E-state index contributed by atoms with van der Waals surface area (Å²) < 4.78 is 27.0. The predicted molar refractivity (Wildman–Crippen MR) is 57.6 cm³/mol. The Morgan fingerprint density at radius 3 is 2.58 bits per heavy atom. The van der Waals surface area contributed by atoms with Crippen molar-refractivity contribution in [2.75, 3.05) is 12.3 Å². The molecule has 0 amide bonds. The number of rotatable bonds is 4. The molecule has 1 heterocycles. The number of nitrogen functional groups attached to an aromatic ring is 1. The van der Waals surface area contributed by atoms with Gasteiger partial charge in [-0.05, 0) is 6.07 Å². The first kappa shape index (κ1) is 15.1. The Balaban J connectivity index is 3.14. The number of aliphatic hydroxyl groups excluding tert-OH is 3. The largest absolute Gasteiger partial charge is 0.394 e. The molecule has 5 N–H and O–H groups in total. The molecule has 0 saturated carbocycles. The fourth-order valence-corrected chi connectivity index (χ4v) is 1.20. The van der Waals surface area contributed by atoms with E-state index in [0.717, 1.165) is 6.07 Å². The van der Waals surface area contributed by atoms with E-state index in [1.807, 2.05) is 0 Å². The molecule has 2 unspecified atom stereocenters. The lowest BCUT2D eigenvalue weighted by molar-refractivity contribution is -0.136. The van der Waals surface area contributed by atoms with E-state index in [2.05, 4.69) is 4.98 Å². The average molecular weight is 279 g/mol. The molecule has 8 nitrogen and oxygen atoms in total. The first-order valence-electron chi connectivity index (χ1n) is 4.96. The van der Waals surface area contributed by atoms with E-state index in [-0.39, 0.29) is 10.4 Å². The minimum atomic E-state index is -4.48. The highest BCUT2D eigenvalue weighted by atomic mass is 19.3. The highest BCUT2D eigenvalue weighted by Gasteiger charge is 2.50. The van der Waals surface area contributed by atoms with Crippen molar-refractivity contribution >= 4 is 11.7 Å². The van der Waals surface area contributed by atoms with Gasteiger partial charge in [0.15, 0.2) is 6.10 Å². The number of hydrogen-bond acceptors (Lipinski definition) is 7. The normalized spacial score (nSPS) is 15.0. The van der Waals surface area contributed by atoms with E-state index in [1.165, 1.54) is 0 Å². The van der Waals surface area contributed by atoms with Gasteiger partial charge < -0.3 is 21.1 Å². The van der Waals surface area contributed by atoms with Gasteiger partial charge in [-0.25, -0.2) is 9.36 Å². The van der Waals surface area contributed by atoms with E-state index in [0.29, 0.717) is 6.20 Å². The number of halogens is 2. The van der Waals surface area contributed by atoms with Crippen LogP contribution >= 0.6 is 0 Å². The summed E-state index contributed by atoms with van der Waals surface area (Å²) in [4.78, 5) is 25.7. The predicted octanol–water partition coefficient (Wildman–Crippen LogP) is -2.18. The molecule has 0 aliphatic heterocycles. The standard InChI is InChI=1S/C9H11F2N3O5/c10-9(11,6(17)4(16)3-15)7(18)14-2-1-5(12)13-8(14)19/h1-2,4,6,15-17H,3H2,(H2,12,13,19). The zero-order valence-corrected chi connectivity index (χ0v) is 9.40. The van der Waals surface area contributed by atoms with Crippen LogP contribution in [0.15, 0.2) is 17.1 Å². The Kier molecular flexibility index (Phi) is 4.29. The average Bonchev–Trinajstić information content (AvgIpc) is 2.36. The van der Waals surface area contributed by atoms with Crippen LogP contribution in [0.2, 0.25) is 0 Å². The van der Waals surface area contributed by atoms with Crippen molar-refractivity contribution in [2.45, 2.75) is 18.1 Å². The van der Waals surface area contributed by atoms with E-state index in [4.69, 9.17) is 21.1 Å². The molecular formula is C9H11F2N3O5. The van der Waals surface area contributed by atoms with E-state index in [1.54, 1.807) is 0 Å². The maximum absolute atomic E-state index is 13.5. The zero-order valence-electron chi connectivity index (χ0n) is 9.40. The van der Waals surface area contributed by atoms with Crippen LogP contribution in [0.25, 0.3) is 0 Å².